The number of carbonyl (C=O) groups is 1. The standard InChI is InChI=1S/C14H19BrFN3O/c1-14(8-17)4-5-19(9-14)7-13(20)18-12-3-2-10(15)6-11(12)16/h2-3,6H,4-5,7-9,17H2,1H3,(H,18,20). The molecule has 0 bridgehead atoms. The van der Waals surface area contributed by atoms with Crippen LogP contribution in [0.1, 0.15) is 13.3 Å². The molecule has 1 aromatic carbocycles. The molecule has 0 radical (unpaired) electrons. The highest BCUT2D eigenvalue weighted by Gasteiger charge is 2.33. The van der Waals surface area contributed by atoms with Gasteiger partial charge in [0.15, 0.2) is 0 Å². The van der Waals surface area contributed by atoms with Crippen LogP contribution in [0.25, 0.3) is 0 Å². The molecule has 1 fully saturated rings. The summed E-state index contributed by atoms with van der Waals surface area (Å²) in [6.07, 6.45) is 0.990. The number of amides is 1. The third-order valence-electron chi connectivity index (χ3n) is 3.70. The predicted molar refractivity (Wildman–Crippen MR) is 80.9 cm³/mol. The Hall–Kier alpha value is -0.980. The fourth-order valence-corrected chi connectivity index (χ4v) is 2.74. The Balaban J connectivity index is 1.90. The number of halogens is 2. The summed E-state index contributed by atoms with van der Waals surface area (Å²) in [6.45, 7) is 4.67. The van der Waals surface area contributed by atoms with Crippen molar-refractivity contribution in [3.63, 3.8) is 0 Å². The van der Waals surface area contributed by atoms with E-state index in [-0.39, 0.29) is 23.6 Å². The summed E-state index contributed by atoms with van der Waals surface area (Å²) in [6, 6.07) is 4.57. The quantitative estimate of drug-likeness (QED) is 0.880. The van der Waals surface area contributed by atoms with Crippen LogP contribution in [0.3, 0.4) is 0 Å². The van der Waals surface area contributed by atoms with Crippen LogP contribution in [0.4, 0.5) is 10.1 Å². The molecular weight excluding hydrogens is 325 g/mol. The Labute approximate surface area is 126 Å². The van der Waals surface area contributed by atoms with Crippen molar-refractivity contribution in [1.82, 2.24) is 4.90 Å². The highest BCUT2D eigenvalue weighted by molar-refractivity contribution is 9.10. The normalized spacial score (nSPS) is 23.0. The van der Waals surface area contributed by atoms with Crippen molar-refractivity contribution >= 4 is 27.5 Å². The van der Waals surface area contributed by atoms with Gasteiger partial charge in [-0.3, -0.25) is 9.69 Å². The zero-order chi connectivity index (χ0) is 14.8. The topological polar surface area (TPSA) is 58.4 Å². The number of likely N-dealkylation sites (tertiary alicyclic amines) is 1. The third-order valence-corrected chi connectivity index (χ3v) is 4.20. The van der Waals surface area contributed by atoms with E-state index in [9.17, 15) is 9.18 Å². The van der Waals surface area contributed by atoms with Crippen LogP contribution in [0, 0.1) is 11.2 Å². The van der Waals surface area contributed by atoms with Gasteiger partial charge in [0.25, 0.3) is 0 Å². The minimum absolute atomic E-state index is 0.0864. The first-order valence-corrected chi connectivity index (χ1v) is 7.38. The molecule has 0 saturated carbocycles. The van der Waals surface area contributed by atoms with E-state index >= 15 is 0 Å². The molecule has 4 nitrogen and oxygen atoms in total. The SMILES string of the molecule is CC1(CN)CCN(CC(=O)Nc2ccc(Br)cc2F)C1. The Morgan fingerprint density at radius 2 is 2.35 bits per heavy atom. The van der Waals surface area contributed by atoms with Crippen LogP contribution in [0.2, 0.25) is 0 Å². The van der Waals surface area contributed by atoms with Crippen LogP contribution in [0.15, 0.2) is 22.7 Å². The lowest BCUT2D eigenvalue weighted by atomic mass is 9.90. The van der Waals surface area contributed by atoms with Gasteiger partial charge in [-0.1, -0.05) is 22.9 Å². The number of nitrogens with two attached hydrogens (primary N) is 1. The predicted octanol–water partition coefficient (Wildman–Crippen LogP) is 2.20. The second-order valence-corrected chi connectivity index (χ2v) is 6.56. The highest BCUT2D eigenvalue weighted by atomic mass is 79.9. The van der Waals surface area contributed by atoms with Gasteiger partial charge >= 0.3 is 0 Å². The molecule has 1 heterocycles. The lowest BCUT2D eigenvalue weighted by Crippen LogP contribution is -2.35. The van der Waals surface area contributed by atoms with E-state index < -0.39 is 5.82 Å². The maximum Gasteiger partial charge on any atom is 0.238 e. The minimum atomic E-state index is -0.444. The van der Waals surface area contributed by atoms with Crippen molar-refractivity contribution in [1.29, 1.82) is 0 Å². The largest absolute Gasteiger partial charge is 0.330 e. The average Bonchev–Trinajstić information content (AvgIpc) is 2.75. The van der Waals surface area contributed by atoms with E-state index in [0.717, 1.165) is 19.5 Å². The van der Waals surface area contributed by atoms with Crippen molar-refractivity contribution in [3.05, 3.63) is 28.5 Å². The summed E-state index contributed by atoms with van der Waals surface area (Å²) in [4.78, 5) is 14.0. The van der Waals surface area contributed by atoms with Crippen molar-refractivity contribution in [3.8, 4) is 0 Å². The molecule has 20 heavy (non-hydrogen) atoms. The molecule has 110 valence electrons. The fourth-order valence-electron chi connectivity index (χ4n) is 2.41. The lowest BCUT2D eigenvalue weighted by Gasteiger charge is -2.22. The van der Waals surface area contributed by atoms with Gasteiger partial charge in [-0.25, -0.2) is 4.39 Å². The maximum absolute atomic E-state index is 13.6. The Morgan fingerprint density at radius 1 is 1.60 bits per heavy atom. The van der Waals surface area contributed by atoms with Crippen molar-refractivity contribution < 1.29 is 9.18 Å². The molecule has 1 aromatic rings. The highest BCUT2D eigenvalue weighted by Crippen LogP contribution is 2.28. The monoisotopic (exact) mass is 343 g/mol. The van der Waals surface area contributed by atoms with Gasteiger partial charge in [-0.2, -0.15) is 0 Å². The molecular formula is C14H19BrFN3O. The maximum atomic E-state index is 13.6. The van der Waals surface area contributed by atoms with E-state index in [1.54, 1.807) is 12.1 Å². The molecule has 0 aromatic heterocycles. The first kappa shape index (κ1) is 15.4. The van der Waals surface area contributed by atoms with Gasteiger partial charge in [0.2, 0.25) is 5.91 Å². The number of nitrogens with zero attached hydrogens (tertiary/aromatic N) is 1. The van der Waals surface area contributed by atoms with E-state index in [4.69, 9.17) is 5.73 Å². The summed E-state index contributed by atoms with van der Waals surface area (Å²) in [5.74, 6) is -0.645. The summed E-state index contributed by atoms with van der Waals surface area (Å²) < 4.78 is 14.3. The smallest absolute Gasteiger partial charge is 0.238 e. The Bertz CT molecular complexity index is 511. The van der Waals surface area contributed by atoms with Gasteiger partial charge in [-0.05, 0) is 43.1 Å². The molecule has 0 spiro atoms. The number of rotatable bonds is 4. The van der Waals surface area contributed by atoms with Crippen LogP contribution >= 0.6 is 15.9 Å². The molecule has 1 unspecified atom stereocenters. The number of carbonyl (C=O) groups excluding carboxylic acids is 1. The van der Waals surface area contributed by atoms with Crippen LogP contribution in [-0.4, -0.2) is 37.0 Å². The summed E-state index contributed by atoms with van der Waals surface area (Å²) in [7, 11) is 0. The first-order chi connectivity index (χ1) is 9.42. The average molecular weight is 344 g/mol. The Morgan fingerprint density at radius 3 is 2.95 bits per heavy atom. The summed E-state index contributed by atoms with van der Waals surface area (Å²) in [5, 5.41) is 2.60. The molecule has 6 heteroatoms. The third kappa shape index (κ3) is 3.77. The van der Waals surface area contributed by atoms with Crippen molar-refractivity contribution in [2.75, 3.05) is 31.5 Å². The molecule has 0 aliphatic carbocycles. The summed E-state index contributed by atoms with van der Waals surface area (Å²) in [5.41, 5.74) is 6.03. The molecule has 3 N–H and O–H groups in total. The minimum Gasteiger partial charge on any atom is -0.330 e. The van der Waals surface area contributed by atoms with Crippen LogP contribution in [0.5, 0.6) is 0 Å². The molecule has 2 rings (SSSR count). The van der Waals surface area contributed by atoms with Crippen molar-refractivity contribution in [2.45, 2.75) is 13.3 Å². The summed E-state index contributed by atoms with van der Waals surface area (Å²) >= 11 is 3.18. The number of nitrogens with one attached hydrogen (secondary N) is 1. The van der Waals surface area contributed by atoms with E-state index in [0.29, 0.717) is 11.0 Å². The number of anilines is 1. The first-order valence-electron chi connectivity index (χ1n) is 6.59. The molecule has 1 saturated heterocycles. The van der Waals surface area contributed by atoms with Gasteiger partial charge in [0.05, 0.1) is 12.2 Å². The fraction of sp³-hybridized carbons (Fsp3) is 0.500. The number of benzene rings is 1. The van der Waals surface area contributed by atoms with Crippen LogP contribution in [-0.2, 0) is 4.79 Å². The number of hydrogen-bond donors (Lipinski definition) is 2. The lowest BCUT2D eigenvalue weighted by molar-refractivity contribution is -0.117. The van der Waals surface area contributed by atoms with Gasteiger partial charge in [-0.15, -0.1) is 0 Å². The van der Waals surface area contributed by atoms with Gasteiger partial charge < -0.3 is 11.1 Å². The molecule has 1 atom stereocenters. The van der Waals surface area contributed by atoms with Gasteiger partial charge in [0, 0.05) is 11.0 Å². The molecule has 1 aliphatic rings. The molecule has 1 aliphatic heterocycles. The van der Waals surface area contributed by atoms with Gasteiger partial charge in [0.1, 0.15) is 5.82 Å². The van der Waals surface area contributed by atoms with Crippen LogP contribution < -0.4 is 11.1 Å². The van der Waals surface area contributed by atoms with Crippen molar-refractivity contribution in [2.24, 2.45) is 11.1 Å². The van der Waals surface area contributed by atoms with E-state index in [2.05, 4.69) is 33.1 Å². The second-order valence-electron chi connectivity index (χ2n) is 5.65. The number of hydrogen-bond acceptors (Lipinski definition) is 3. The zero-order valence-corrected chi connectivity index (χ0v) is 13.0. The van der Waals surface area contributed by atoms with E-state index in [1.807, 2.05) is 0 Å². The second kappa shape index (κ2) is 6.20. The van der Waals surface area contributed by atoms with E-state index in [1.165, 1.54) is 6.07 Å². The molecule has 1 amide bonds. The Kier molecular flexibility index (Phi) is 4.78. The zero-order valence-electron chi connectivity index (χ0n) is 11.5.